The van der Waals surface area contributed by atoms with Crippen LogP contribution in [0.2, 0.25) is 0 Å². The molecule has 110 valence electrons. The molecule has 1 heterocycles. The number of nitrogens with two attached hydrogens (primary N) is 1. The lowest BCUT2D eigenvalue weighted by atomic mass is 9.84. The second-order valence-corrected chi connectivity index (χ2v) is 7.22. The first kappa shape index (κ1) is 13.9. The van der Waals surface area contributed by atoms with Crippen LogP contribution in [0.1, 0.15) is 28.2 Å². The number of hydrogen-bond donors (Lipinski definition) is 1. The fraction of sp³-hybridized carbons (Fsp3) is 0.200. The predicted octanol–water partition coefficient (Wildman–Crippen LogP) is 4.56. The second kappa shape index (κ2) is 5.45. The SMILES string of the molecule is Cc1cccc(Cc2cccc3c2C2C(=CC=CC2N)S3)c1. The molecule has 0 amide bonds. The summed E-state index contributed by atoms with van der Waals surface area (Å²) in [6, 6.07) is 15.5. The normalized spacial score (nSPS) is 22.2. The van der Waals surface area contributed by atoms with Crippen LogP contribution in [0.25, 0.3) is 0 Å². The molecule has 0 radical (unpaired) electrons. The number of fused-ring (bicyclic) bond motifs is 3. The third kappa shape index (κ3) is 2.33. The minimum absolute atomic E-state index is 0.0902. The molecule has 4 rings (SSSR count). The summed E-state index contributed by atoms with van der Waals surface area (Å²) in [5.41, 5.74) is 11.9. The van der Waals surface area contributed by atoms with Crippen molar-refractivity contribution in [2.45, 2.75) is 30.2 Å². The summed E-state index contributed by atoms with van der Waals surface area (Å²) < 4.78 is 0. The molecule has 0 fully saturated rings. The maximum atomic E-state index is 6.38. The average molecular weight is 305 g/mol. The van der Waals surface area contributed by atoms with Crippen LogP contribution in [0, 0.1) is 6.92 Å². The van der Waals surface area contributed by atoms with E-state index in [1.165, 1.54) is 32.1 Å². The first-order chi connectivity index (χ1) is 10.7. The Kier molecular flexibility index (Phi) is 3.44. The van der Waals surface area contributed by atoms with Gasteiger partial charge in [-0.1, -0.05) is 72.0 Å². The van der Waals surface area contributed by atoms with Crippen LogP contribution < -0.4 is 5.73 Å². The van der Waals surface area contributed by atoms with Crippen molar-refractivity contribution in [1.29, 1.82) is 0 Å². The highest BCUT2D eigenvalue weighted by Crippen LogP contribution is 2.52. The monoisotopic (exact) mass is 305 g/mol. The van der Waals surface area contributed by atoms with E-state index in [1.54, 1.807) is 0 Å². The lowest BCUT2D eigenvalue weighted by Gasteiger charge is -2.23. The third-order valence-electron chi connectivity index (χ3n) is 4.46. The predicted molar refractivity (Wildman–Crippen MR) is 94.2 cm³/mol. The van der Waals surface area contributed by atoms with Gasteiger partial charge in [0.15, 0.2) is 0 Å². The Labute approximate surface area is 135 Å². The van der Waals surface area contributed by atoms with Gasteiger partial charge in [0.1, 0.15) is 0 Å². The summed E-state index contributed by atoms with van der Waals surface area (Å²) in [7, 11) is 0. The van der Waals surface area contributed by atoms with Crippen molar-refractivity contribution in [3.8, 4) is 0 Å². The Bertz CT molecular complexity index is 788. The summed E-state index contributed by atoms with van der Waals surface area (Å²) in [5.74, 6) is 0.339. The highest BCUT2D eigenvalue weighted by molar-refractivity contribution is 8.03. The van der Waals surface area contributed by atoms with E-state index in [2.05, 4.69) is 67.6 Å². The molecule has 1 nitrogen and oxygen atoms in total. The average Bonchev–Trinajstić information content (AvgIpc) is 2.88. The molecule has 0 spiro atoms. The van der Waals surface area contributed by atoms with E-state index < -0.39 is 0 Å². The maximum Gasteiger partial charge on any atom is 0.0354 e. The van der Waals surface area contributed by atoms with Crippen LogP contribution in [-0.4, -0.2) is 6.04 Å². The number of aryl methyl sites for hydroxylation is 1. The number of hydrogen-bond acceptors (Lipinski definition) is 2. The minimum atomic E-state index is 0.0902. The van der Waals surface area contributed by atoms with Crippen LogP contribution in [0.4, 0.5) is 0 Å². The molecule has 0 saturated heterocycles. The molecule has 2 heteroatoms. The number of benzene rings is 2. The number of rotatable bonds is 2. The van der Waals surface area contributed by atoms with Crippen LogP contribution >= 0.6 is 11.8 Å². The molecule has 2 aromatic rings. The third-order valence-corrected chi connectivity index (χ3v) is 5.66. The Balaban J connectivity index is 1.76. The molecule has 2 aromatic carbocycles. The van der Waals surface area contributed by atoms with Crippen LogP contribution in [0.15, 0.2) is 70.5 Å². The first-order valence-electron chi connectivity index (χ1n) is 7.71. The second-order valence-electron chi connectivity index (χ2n) is 6.11. The zero-order chi connectivity index (χ0) is 15.1. The van der Waals surface area contributed by atoms with E-state index in [9.17, 15) is 0 Å². The van der Waals surface area contributed by atoms with Crippen molar-refractivity contribution in [2.75, 3.05) is 0 Å². The Morgan fingerprint density at radius 3 is 2.86 bits per heavy atom. The van der Waals surface area contributed by atoms with Crippen LogP contribution in [0.5, 0.6) is 0 Å². The lowest BCUT2D eigenvalue weighted by Crippen LogP contribution is -2.27. The summed E-state index contributed by atoms with van der Waals surface area (Å²) in [5, 5.41) is 0. The largest absolute Gasteiger partial charge is 0.324 e. The van der Waals surface area contributed by atoms with Crippen molar-refractivity contribution in [3.05, 3.63) is 87.9 Å². The van der Waals surface area contributed by atoms with E-state index in [-0.39, 0.29) is 6.04 Å². The van der Waals surface area contributed by atoms with Crippen molar-refractivity contribution in [1.82, 2.24) is 0 Å². The number of allylic oxidation sites excluding steroid dienone is 2. The molecule has 0 saturated carbocycles. The van der Waals surface area contributed by atoms with Crippen molar-refractivity contribution >= 4 is 11.8 Å². The topological polar surface area (TPSA) is 26.0 Å². The highest BCUT2D eigenvalue weighted by atomic mass is 32.2. The molecule has 2 atom stereocenters. The van der Waals surface area contributed by atoms with Crippen molar-refractivity contribution in [3.63, 3.8) is 0 Å². The van der Waals surface area contributed by atoms with Crippen LogP contribution in [0.3, 0.4) is 0 Å². The highest BCUT2D eigenvalue weighted by Gasteiger charge is 2.34. The van der Waals surface area contributed by atoms with Gasteiger partial charge in [-0.15, -0.1) is 0 Å². The van der Waals surface area contributed by atoms with E-state index in [4.69, 9.17) is 5.73 Å². The van der Waals surface area contributed by atoms with Crippen molar-refractivity contribution in [2.24, 2.45) is 5.73 Å². The standard InChI is InChI=1S/C20H19NS/c1-13-5-2-6-14(11-13)12-15-7-3-9-17-19(15)20-16(21)8-4-10-18(20)22-17/h2-11,16,20H,12,21H2,1H3. The molecule has 22 heavy (non-hydrogen) atoms. The molecule has 1 aliphatic carbocycles. The molecular formula is C20H19NS. The van der Waals surface area contributed by atoms with Crippen LogP contribution in [-0.2, 0) is 6.42 Å². The van der Waals surface area contributed by atoms with Gasteiger partial charge in [-0.05, 0) is 41.0 Å². The fourth-order valence-corrected chi connectivity index (χ4v) is 4.79. The molecule has 0 aromatic heterocycles. The van der Waals surface area contributed by atoms with Crippen molar-refractivity contribution < 1.29 is 0 Å². The summed E-state index contributed by atoms with van der Waals surface area (Å²) >= 11 is 1.88. The molecule has 2 N–H and O–H groups in total. The minimum Gasteiger partial charge on any atom is -0.324 e. The van der Waals surface area contributed by atoms with E-state index in [1.807, 2.05) is 11.8 Å². The van der Waals surface area contributed by atoms with Gasteiger partial charge in [0.25, 0.3) is 0 Å². The number of thioether (sulfide) groups is 1. The Morgan fingerprint density at radius 1 is 1.14 bits per heavy atom. The molecule has 0 bridgehead atoms. The quantitative estimate of drug-likeness (QED) is 0.880. The first-order valence-corrected chi connectivity index (χ1v) is 8.53. The summed E-state index contributed by atoms with van der Waals surface area (Å²) in [6.07, 6.45) is 7.41. The van der Waals surface area contributed by atoms with Gasteiger partial charge in [-0.3, -0.25) is 0 Å². The maximum absolute atomic E-state index is 6.38. The van der Waals surface area contributed by atoms with E-state index >= 15 is 0 Å². The lowest BCUT2D eigenvalue weighted by molar-refractivity contribution is 0.697. The molecule has 2 unspecified atom stereocenters. The molecular weight excluding hydrogens is 286 g/mol. The smallest absolute Gasteiger partial charge is 0.0354 e. The Morgan fingerprint density at radius 2 is 2.00 bits per heavy atom. The summed E-state index contributed by atoms with van der Waals surface area (Å²) in [4.78, 5) is 2.77. The van der Waals surface area contributed by atoms with Gasteiger partial charge >= 0.3 is 0 Å². The van der Waals surface area contributed by atoms with Gasteiger partial charge in [0, 0.05) is 16.9 Å². The fourth-order valence-electron chi connectivity index (χ4n) is 3.47. The zero-order valence-corrected chi connectivity index (χ0v) is 13.4. The van der Waals surface area contributed by atoms with Gasteiger partial charge in [-0.2, -0.15) is 0 Å². The van der Waals surface area contributed by atoms with Gasteiger partial charge in [0.05, 0.1) is 0 Å². The molecule has 1 aliphatic heterocycles. The van der Waals surface area contributed by atoms with Gasteiger partial charge in [-0.25, -0.2) is 0 Å². The van der Waals surface area contributed by atoms with E-state index in [0.717, 1.165) is 6.42 Å². The Hall–Kier alpha value is -1.77. The van der Waals surface area contributed by atoms with Gasteiger partial charge < -0.3 is 5.73 Å². The molecule has 2 aliphatic rings. The van der Waals surface area contributed by atoms with Gasteiger partial charge in [0.2, 0.25) is 0 Å². The van der Waals surface area contributed by atoms with E-state index in [0.29, 0.717) is 5.92 Å². The summed E-state index contributed by atoms with van der Waals surface area (Å²) in [6.45, 7) is 2.15. The zero-order valence-electron chi connectivity index (χ0n) is 12.6.